The molecule has 2 rings (SSSR count). The molecule has 0 bridgehead atoms. The van der Waals surface area contributed by atoms with Crippen LogP contribution in [0.25, 0.3) is 0 Å². The molecule has 7 heteroatoms. The van der Waals surface area contributed by atoms with Gasteiger partial charge in [0.25, 0.3) is 0 Å². The van der Waals surface area contributed by atoms with Gasteiger partial charge in [0.1, 0.15) is 0 Å². The average Bonchev–Trinajstić information content (AvgIpc) is 2.47. The van der Waals surface area contributed by atoms with Crippen LogP contribution in [0.15, 0.2) is 23.1 Å². The molecule has 0 spiro atoms. The van der Waals surface area contributed by atoms with Crippen molar-refractivity contribution >= 4 is 12.0 Å². The van der Waals surface area contributed by atoms with E-state index in [1.165, 1.54) is 17.2 Å². The van der Waals surface area contributed by atoms with E-state index >= 15 is 0 Å². The predicted octanol–water partition coefficient (Wildman–Crippen LogP) is 0.942. The zero-order valence-corrected chi connectivity index (χ0v) is 11.8. The molecule has 3 N–H and O–H groups in total. The van der Waals surface area contributed by atoms with Crippen LogP contribution in [-0.2, 0) is 4.79 Å². The SMILES string of the molecule is CC(NC(=O)N1CCCC(C(=O)O)C1)c1cc[nH]c(=O)c1. The monoisotopic (exact) mass is 293 g/mol. The fraction of sp³-hybridized carbons (Fsp3) is 0.500. The molecule has 1 fully saturated rings. The molecule has 0 radical (unpaired) electrons. The third kappa shape index (κ3) is 3.84. The molecule has 1 aliphatic heterocycles. The number of piperidine rings is 1. The summed E-state index contributed by atoms with van der Waals surface area (Å²) in [6.07, 6.45) is 2.81. The summed E-state index contributed by atoms with van der Waals surface area (Å²) in [5.74, 6) is -1.37. The Morgan fingerprint density at radius 3 is 2.95 bits per heavy atom. The Kier molecular flexibility index (Phi) is 4.62. The second kappa shape index (κ2) is 6.43. The van der Waals surface area contributed by atoms with E-state index in [2.05, 4.69) is 10.3 Å². The van der Waals surface area contributed by atoms with Crippen LogP contribution >= 0.6 is 0 Å². The van der Waals surface area contributed by atoms with E-state index in [1.54, 1.807) is 13.0 Å². The van der Waals surface area contributed by atoms with Gasteiger partial charge in [0.05, 0.1) is 12.0 Å². The zero-order chi connectivity index (χ0) is 15.4. The van der Waals surface area contributed by atoms with Crippen molar-refractivity contribution in [2.75, 3.05) is 13.1 Å². The zero-order valence-electron chi connectivity index (χ0n) is 11.8. The summed E-state index contributed by atoms with van der Waals surface area (Å²) < 4.78 is 0. The number of amides is 2. The molecule has 2 amide bonds. The lowest BCUT2D eigenvalue weighted by atomic mass is 9.98. The number of carboxylic acid groups (broad SMARTS) is 1. The summed E-state index contributed by atoms with van der Waals surface area (Å²) in [6, 6.07) is 2.54. The van der Waals surface area contributed by atoms with Gasteiger partial charge in [0.15, 0.2) is 0 Å². The topological polar surface area (TPSA) is 102 Å². The molecule has 0 saturated carbocycles. The number of likely N-dealkylation sites (tertiary alicyclic amines) is 1. The van der Waals surface area contributed by atoms with Crippen LogP contribution in [0.4, 0.5) is 4.79 Å². The molecule has 1 aromatic rings. The first-order chi connectivity index (χ1) is 9.97. The van der Waals surface area contributed by atoms with Gasteiger partial charge in [-0.25, -0.2) is 4.79 Å². The van der Waals surface area contributed by atoms with E-state index < -0.39 is 11.9 Å². The van der Waals surface area contributed by atoms with E-state index in [0.717, 1.165) is 0 Å². The van der Waals surface area contributed by atoms with Crippen LogP contribution in [0.5, 0.6) is 0 Å². The number of rotatable bonds is 3. The van der Waals surface area contributed by atoms with Gasteiger partial charge in [-0.2, -0.15) is 0 Å². The van der Waals surface area contributed by atoms with Gasteiger partial charge in [0, 0.05) is 25.4 Å². The van der Waals surface area contributed by atoms with Gasteiger partial charge in [0.2, 0.25) is 5.56 Å². The highest BCUT2D eigenvalue weighted by Gasteiger charge is 2.28. The fourth-order valence-corrected chi connectivity index (χ4v) is 2.45. The Morgan fingerprint density at radius 2 is 2.29 bits per heavy atom. The molecule has 2 unspecified atom stereocenters. The number of carboxylic acids is 1. The average molecular weight is 293 g/mol. The van der Waals surface area contributed by atoms with Gasteiger partial charge in [-0.15, -0.1) is 0 Å². The molecule has 1 aliphatic rings. The van der Waals surface area contributed by atoms with E-state index in [0.29, 0.717) is 24.9 Å². The van der Waals surface area contributed by atoms with Gasteiger partial charge >= 0.3 is 12.0 Å². The Bertz CT molecular complexity index is 584. The summed E-state index contributed by atoms with van der Waals surface area (Å²) in [6.45, 7) is 2.56. The number of aromatic nitrogens is 1. The van der Waals surface area contributed by atoms with Crippen molar-refractivity contribution in [3.63, 3.8) is 0 Å². The Balaban J connectivity index is 1.97. The molecule has 2 heterocycles. The minimum Gasteiger partial charge on any atom is -0.481 e. The minimum atomic E-state index is -0.866. The van der Waals surface area contributed by atoms with Crippen molar-refractivity contribution in [2.45, 2.75) is 25.8 Å². The standard InChI is InChI=1S/C14H19N3O4/c1-9(10-4-5-15-12(18)7-10)16-14(21)17-6-2-3-11(8-17)13(19)20/h4-5,7,9,11H,2-3,6,8H2,1H3,(H,15,18)(H,16,21)(H,19,20). The van der Waals surface area contributed by atoms with Crippen molar-refractivity contribution in [1.82, 2.24) is 15.2 Å². The smallest absolute Gasteiger partial charge is 0.317 e. The Labute approximate surface area is 122 Å². The van der Waals surface area contributed by atoms with Crippen molar-refractivity contribution < 1.29 is 14.7 Å². The third-order valence-electron chi connectivity index (χ3n) is 3.70. The number of pyridine rings is 1. The van der Waals surface area contributed by atoms with Crippen molar-refractivity contribution in [1.29, 1.82) is 0 Å². The number of carbonyl (C=O) groups excluding carboxylic acids is 1. The fourth-order valence-electron chi connectivity index (χ4n) is 2.45. The summed E-state index contributed by atoms with van der Waals surface area (Å²) in [5, 5.41) is 11.8. The van der Waals surface area contributed by atoms with E-state index in [4.69, 9.17) is 5.11 Å². The van der Waals surface area contributed by atoms with Crippen molar-refractivity contribution in [3.05, 3.63) is 34.2 Å². The summed E-state index contributed by atoms with van der Waals surface area (Å²) in [5.41, 5.74) is 0.483. The van der Waals surface area contributed by atoms with E-state index in [9.17, 15) is 14.4 Å². The lowest BCUT2D eigenvalue weighted by molar-refractivity contribution is -0.143. The maximum absolute atomic E-state index is 12.2. The van der Waals surface area contributed by atoms with Crippen molar-refractivity contribution in [3.8, 4) is 0 Å². The predicted molar refractivity (Wildman–Crippen MR) is 75.9 cm³/mol. The lowest BCUT2D eigenvalue weighted by Gasteiger charge is -2.31. The molecular formula is C14H19N3O4. The van der Waals surface area contributed by atoms with Gasteiger partial charge in [-0.1, -0.05) is 0 Å². The first-order valence-corrected chi connectivity index (χ1v) is 6.94. The second-order valence-electron chi connectivity index (χ2n) is 5.28. The number of nitrogens with one attached hydrogen (secondary N) is 2. The summed E-state index contributed by atoms with van der Waals surface area (Å²) >= 11 is 0. The van der Waals surface area contributed by atoms with Gasteiger partial charge < -0.3 is 20.3 Å². The highest BCUT2D eigenvalue weighted by Crippen LogP contribution is 2.17. The number of hydrogen-bond donors (Lipinski definition) is 3. The maximum Gasteiger partial charge on any atom is 0.317 e. The number of nitrogens with zero attached hydrogens (tertiary/aromatic N) is 1. The molecule has 0 aliphatic carbocycles. The molecule has 1 aromatic heterocycles. The van der Waals surface area contributed by atoms with Gasteiger partial charge in [-0.05, 0) is 31.4 Å². The first-order valence-electron chi connectivity index (χ1n) is 6.94. The van der Waals surface area contributed by atoms with Crippen molar-refractivity contribution in [2.24, 2.45) is 5.92 Å². The number of urea groups is 1. The molecule has 7 nitrogen and oxygen atoms in total. The first kappa shape index (κ1) is 15.1. The van der Waals surface area contributed by atoms with Crippen LogP contribution in [-0.4, -0.2) is 40.1 Å². The minimum absolute atomic E-state index is 0.225. The maximum atomic E-state index is 12.2. The van der Waals surface area contributed by atoms with Crippen LogP contribution in [0, 0.1) is 5.92 Å². The summed E-state index contributed by atoms with van der Waals surface area (Å²) in [7, 11) is 0. The normalized spacial score (nSPS) is 19.9. The molecular weight excluding hydrogens is 274 g/mol. The quantitative estimate of drug-likeness (QED) is 0.771. The largest absolute Gasteiger partial charge is 0.481 e. The number of carbonyl (C=O) groups is 2. The van der Waals surface area contributed by atoms with Crippen LogP contribution in [0.2, 0.25) is 0 Å². The summed E-state index contributed by atoms with van der Waals surface area (Å²) in [4.78, 5) is 38.5. The molecule has 21 heavy (non-hydrogen) atoms. The molecule has 1 saturated heterocycles. The molecule has 114 valence electrons. The number of hydrogen-bond acceptors (Lipinski definition) is 3. The molecule has 2 atom stereocenters. The number of aromatic amines is 1. The number of H-pyrrole nitrogens is 1. The van der Waals surface area contributed by atoms with E-state index in [1.807, 2.05) is 0 Å². The van der Waals surface area contributed by atoms with Crippen LogP contribution < -0.4 is 10.9 Å². The lowest BCUT2D eigenvalue weighted by Crippen LogP contribution is -2.47. The Morgan fingerprint density at radius 1 is 1.52 bits per heavy atom. The molecule has 0 aromatic carbocycles. The Hall–Kier alpha value is -2.31. The van der Waals surface area contributed by atoms with E-state index in [-0.39, 0.29) is 24.2 Å². The highest BCUT2D eigenvalue weighted by atomic mass is 16.4. The third-order valence-corrected chi connectivity index (χ3v) is 3.70. The van der Waals surface area contributed by atoms with Crippen LogP contribution in [0.3, 0.4) is 0 Å². The highest BCUT2D eigenvalue weighted by molar-refractivity contribution is 5.76. The number of aliphatic carboxylic acids is 1. The second-order valence-corrected chi connectivity index (χ2v) is 5.28. The van der Waals surface area contributed by atoms with Gasteiger partial charge in [-0.3, -0.25) is 9.59 Å². The van der Waals surface area contributed by atoms with Crippen LogP contribution in [0.1, 0.15) is 31.4 Å².